The lowest BCUT2D eigenvalue weighted by atomic mass is 10.2. The lowest BCUT2D eigenvalue weighted by Crippen LogP contribution is -1.99. The van der Waals surface area contributed by atoms with Gasteiger partial charge in [0.05, 0.1) is 5.02 Å². The molecule has 2 aromatic rings. The summed E-state index contributed by atoms with van der Waals surface area (Å²) in [5.41, 5.74) is 0.948. The highest BCUT2D eigenvalue weighted by Crippen LogP contribution is 2.29. The van der Waals surface area contributed by atoms with Crippen molar-refractivity contribution >= 4 is 17.6 Å². The predicted octanol–water partition coefficient (Wildman–Crippen LogP) is 3.53. The molecule has 1 aromatic carbocycles. The number of pyridine rings is 1. The number of ether oxygens (including phenoxy) is 1. The molecule has 0 fully saturated rings. The quantitative estimate of drug-likeness (QED) is 0.920. The second-order valence-electron chi connectivity index (χ2n) is 3.72. The first-order valence-electron chi connectivity index (χ1n) is 5.19. The highest BCUT2D eigenvalue weighted by atomic mass is 35.5. The standard InChI is InChI=1S/C13H10ClNO3/c1-8-2-3-12(10(14)6-8)18-9-4-5-15-11(7-9)13(16)17/h2-7H,1H3,(H,16,17). The lowest BCUT2D eigenvalue weighted by molar-refractivity contribution is 0.0690. The molecular formula is C13H10ClNO3. The SMILES string of the molecule is Cc1ccc(Oc2ccnc(C(=O)O)c2)c(Cl)c1. The molecule has 18 heavy (non-hydrogen) atoms. The van der Waals surface area contributed by atoms with Gasteiger partial charge in [0.1, 0.15) is 11.5 Å². The minimum Gasteiger partial charge on any atom is -0.477 e. The van der Waals surface area contributed by atoms with Crippen molar-refractivity contribution in [1.82, 2.24) is 4.98 Å². The first kappa shape index (κ1) is 12.4. The van der Waals surface area contributed by atoms with Gasteiger partial charge in [-0.3, -0.25) is 0 Å². The molecule has 0 saturated heterocycles. The van der Waals surface area contributed by atoms with E-state index in [1.807, 2.05) is 13.0 Å². The Morgan fingerprint density at radius 1 is 1.33 bits per heavy atom. The molecule has 0 atom stereocenters. The van der Waals surface area contributed by atoms with Gasteiger partial charge in [-0.1, -0.05) is 17.7 Å². The molecule has 0 saturated carbocycles. The number of carboxylic acids is 1. The summed E-state index contributed by atoms with van der Waals surface area (Å²) in [5.74, 6) is -0.242. The van der Waals surface area contributed by atoms with Crippen molar-refractivity contribution in [3.05, 3.63) is 52.8 Å². The van der Waals surface area contributed by atoms with Crippen LogP contribution in [0.25, 0.3) is 0 Å². The van der Waals surface area contributed by atoms with E-state index in [-0.39, 0.29) is 5.69 Å². The van der Waals surface area contributed by atoms with Crippen molar-refractivity contribution in [3.8, 4) is 11.5 Å². The van der Waals surface area contributed by atoms with Gasteiger partial charge in [-0.2, -0.15) is 0 Å². The zero-order valence-corrected chi connectivity index (χ0v) is 10.3. The van der Waals surface area contributed by atoms with Crippen LogP contribution in [0, 0.1) is 6.92 Å². The monoisotopic (exact) mass is 263 g/mol. The Morgan fingerprint density at radius 2 is 2.11 bits per heavy atom. The number of benzene rings is 1. The minimum atomic E-state index is -1.10. The molecule has 0 spiro atoms. The van der Waals surface area contributed by atoms with Crippen molar-refractivity contribution < 1.29 is 14.6 Å². The Balaban J connectivity index is 2.28. The number of rotatable bonds is 3. The summed E-state index contributed by atoms with van der Waals surface area (Å²) in [6.07, 6.45) is 1.38. The van der Waals surface area contributed by atoms with Crippen LogP contribution in [0.2, 0.25) is 5.02 Å². The van der Waals surface area contributed by atoms with Crippen LogP contribution in [0.3, 0.4) is 0 Å². The highest BCUT2D eigenvalue weighted by Gasteiger charge is 2.08. The van der Waals surface area contributed by atoms with Gasteiger partial charge in [0.2, 0.25) is 0 Å². The third-order valence-electron chi connectivity index (χ3n) is 2.27. The van der Waals surface area contributed by atoms with Crippen LogP contribution >= 0.6 is 11.6 Å². The van der Waals surface area contributed by atoms with Gasteiger partial charge >= 0.3 is 5.97 Å². The number of aromatic nitrogens is 1. The largest absolute Gasteiger partial charge is 0.477 e. The van der Waals surface area contributed by atoms with E-state index < -0.39 is 5.97 Å². The van der Waals surface area contributed by atoms with Gasteiger partial charge in [-0.15, -0.1) is 0 Å². The van der Waals surface area contributed by atoms with E-state index in [2.05, 4.69) is 4.98 Å². The molecule has 1 heterocycles. The second-order valence-corrected chi connectivity index (χ2v) is 4.13. The van der Waals surface area contributed by atoms with Gasteiger partial charge in [-0.05, 0) is 30.7 Å². The predicted molar refractivity (Wildman–Crippen MR) is 67.5 cm³/mol. The van der Waals surface area contributed by atoms with Crippen molar-refractivity contribution in [1.29, 1.82) is 0 Å². The maximum atomic E-state index is 10.8. The summed E-state index contributed by atoms with van der Waals surface area (Å²) >= 11 is 6.02. The summed E-state index contributed by atoms with van der Waals surface area (Å²) in [6.45, 7) is 1.92. The molecule has 5 heteroatoms. The number of aromatic carboxylic acids is 1. The van der Waals surface area contributed by atoms with Crippen molar-refractivity contribution in [3.63, 3.8) is 0 Å². The third kappa shape index (κ3) is 2.78. The van der Waals surface area contributed by atoms with Crippen molar-refractivity contribution in [2.75, 3.05) is 0 Å². The van der Waals surface area contributed by atoms with E-state index in [0.717, 1.165) is 5.56 Å². The van der Waals surface area contributed by atoms with Crippen molar-refractivity contribution in [2.45, 2.75) is 6.92 Å². The molecule has 1 aromatic heterocycles. The molecule has 2 rings (SSSR count). The van der Waals surface area contributed by atoms with E-state index in [1.54, 1.807) is 18.2 Å². The zero-order valence-electron chi connectivity index (χ0n) is 9.55. The number of carboxylic acid groups (broad SMARTS) is 1. The van der Waals surface area contributed by atoms with Crippen LogP contribution in [0.1, 0.15) is 16.1 Å². The summed E-state index contributed by atoms with van der Waals surface area (Å²) in [4.78, 5) is 14.5. The first-order valence-corrected chi connectivity index (χ1v) is 5.57. The highest BCUT2D eigenvalue weighted by molar-refractivity contribution is 6.32. The molecule has 0 unspecified atom stereocenters. The topological polar surface area (TPSA) is 59.4 Å². The maximum absolute atomic E-state index is 10.8. The van der Waals surface area contributed by atoms with E-state index >= 15 is 0 Å². The summed E-state index contributed by atoms with van der Waals surface area (Å²) in [6, 6.07) is 8.29. The van der Waals surface area contributed by atoms with Crippen LogP contribution in [-0.4, -0.2) is 16.1 Å². The molecule has 4 nitrogen and oxygen atoms in total. The van der Waals surface area contributed by atoms with Crippen LogP contribution in [0.4, 0.5) is 0 Å². The van der Waals surface area contributed by atoms with Gasteiger partial charge in [0.25, 0.3) is 0 Å². The Bertz CT molecular complexity index is 599. The molecule has 0 radical (unpaired) electrons. The lowest BCUT2D eigenvalue weighted by Gasteiger charge is -2.08. The third-order valence-corrected chi connectivity index (χ3v) is 2.56. The number of hydrogen-bond donors (Lipinski definition) is 1. The molecule has 0 aliphatic heterocycles. The number of aryl methyl sites for hydroxylation is 1. The minimum absolute atomic E-state index is 0.0734. The first-order chi connectivity index (χ1) is 8.56. The molecule has 92 valence electrons. The Labute approximate surface area is 109 Å². The normalized spacial score (nSPS) is 10.1. The van der Waals surface area contributed by atoms with Crippen LogP contribution in [0.5, 0.6) is 11.5 Å². The molecule has 0 bridgehead atoms. The number of nitrogens with zero attached hydrogens (tertiary/aromatic N) is 1. The molecule has 0 amide bonds. The zero-order chi connectivity index (χ0) is 13.1. The van der Waals surface area contributed by atoms with Crippen LogP contribution < -0.4 is 4.74 Å². The summed E-state index contributed by atoms with van der Waals surface area (Å²) in [7, 11) is 0. The van der Waals surface area contributed by atoms with Crippen LogP contribution in [-0.2, 0) is 0 Å². The van der Waals surface area contributed by atoms with Gasteiger partial charge in [0.15, 0.2) is 5.69 Å². The molecular weight excluding hydrogens is 254 g/mol. The Hall–Kier alpha value is -2.07. The molecule has 0 aliphatic carbocycles. The number of halogens is 1. The Morgan fingerprint density at radius 3 is 2.78 bits per heavy atom. The summed E-state index contributed by atoms with van der Waals surface area (Å²) < 4.78 is 5.52. The van der Waals surface area contributed by atoms with Gasteiger partial charge < -0.3 is 9.84 Å². The fourth-order valence-corrected chi connectivity index (χ4v) is 1.68. The average molecular weight is 264 g/mol. The van der Waals surface area contributed by atoms with Crippen molar-refractivity contribution in [2.24, 2.45) is 0 Å². The molecule has 0 aliphatic rings. The van der Waals surface area contributed by atoms with Crippen LogP contribution in [0.15, 0.2) is 36.5 Å². The fourth-order valence-electron chi connectivity index (χ4n) is 1.41. The van der Waals surface area contributed by atoms with E-state index in [4.69, 9.17) is 21.4 Å². The maximum Gasteiger partial charge on any atom is 0.354 e. The fraction of sp³-hybridized carbons (Fsp3) is 0.0769. The second kappa shape index (κ2) is 5.06. The van der Waals surface area contributed by atoms with Gasteiger partial charge in [0, 0.05) is 12.3 Å². The van der Waals surface area contributed by atoms with Gasteiger partial charge in [-0.25, -0.2) is 9.78 Å². The number of carbonyl (C=O) groups is 1. The van der Waals surface area contributed by atoms with E-state index in [0.29, 0.717) is 16.5 Å². The van der Waals surface area contributed by atoms with E-state index in [9.17, 15) is 4.79 Å². The molecule has 1 N–H and O–H groups in total. The number of hydrogen-bond acceptors (Lipinski definition) is 3. The average Bonchev–Trinajstić information content (AvgIpc) is 2.33. The summed E-state index contributed by atoms with van der Waals surface area (Å²) in [5, 5.41) is 9.30. The Kier molecular flexibility index (Phi) is 3.48. The smallest absolute Gasteiger partial charge is 0.354 e. The van der Waals surface area contributed by atoms with E-state index in [1.165, 1.54) is 12.3 Å².